The second-order valence-corrected chi connectivity index (χ2v) is 2.31. The van der Waals surface area contributed by atoms with Crippen LogP contribution in [-0.4, -0.2) is 16.6 Å². The van der Waals surface area contributed by atoms with Crippen LogP contribution >= 0.6 is 0 Å². The van der Waals surface area contributed by atoms with Crippen LogP contribution in [0.4, 0.5) is 0 Å². The molecule has 0 radical (unpaired) electrons. The molecule has 0 aliphatic heterocycles. The van der Waals surface area contributed by atoms with Crippen LogP contribution in [0.25, 0.3) is 0 Å². The Hall–Kier alpha value is -1.38. The van der Waals surface area contributed by atoms with Gasteiger partial charge in [0.2, 0.25) is 0 Å². The van der Waals surface area contributed by atoms with Gasteiger partial charge in [0.05, 0.1) is 5.71 Å². The number of allylic oxidation sites excluding steroid dienone is 4. The van der Waals surface area contributed by atoms with Crippen molar-refractivity contribution in [2.45, 2.75) is 13.3 Å². The van der Waals surface area contributed by atoms with Gasteiger partial charge in [-0.25, -0.2) is 0 Å². The van der Waals surface area contributed by atoms with E-state index in [0.29, 0.717) is 5.71 Å². The maximum absolute atomic E-state index is 8.39. The third-order valence-corrected chi connectivity index (χ3v) is 1.58. The van der Waals surface area contributed by atoms with Gasteiger partial charge in [-0.1, -0.05) is 18.2 Å². The largest absolute Gasteiger partial charge is 0.410 e. The molecule has 0 aromatic heterocycles. The van der Waals surface area contributed by atoms with Crippen LogP contribution in [0, 0.1) is 5.41 Å². The third kappa shape index (κ3) is 1.55. The summed E-state index contributed by atoms with van der Waals surface area (Å²) < 4.78 is 0. The summed E-state index contributed by atoms with van der Waals surface area (Å²) in [7, 11) is 0. The highest BCUT2D eigenvalue weighted by molar-refractivity contribution is 6.50. The van der Waals surface area contributed by atoms with E-state index in [1.54, 1.807) is 12.2 Å². The fraction of sp³-hybridized carbons (Fsp3) is 0.250. The van der Waals surface area contributed by atoms with Crippen molar-refractivity contribution in [3.05, 3.63) is 23.8 Å². The van der Waals surface area contributed by atoms with E-state index in [1.807, 2.05) is 13.0 Å². The Kier molecular flexibility index (Phi) is 2.21. The van der Waals surface area contributed by atoms with Gasteiger partial charge >= 0.3 is 0 Å². The molecule has 0 amide bonds. The van der Waals surface area contributed by atoms with Gasteiger partial charge in [0.1, 0.15) is 5.71 Å². The van der Waals surface area contributed by atoms with Gasteiger partial charge in [-0.3, -0.25) is 5.41 Å². The van der Waals surface area contributed by atoms with E-state index in [0.717, 1.165) is 12.0 Å². The van der Waals surface area contributed by atoms with E-state index in [4.69, 9.17) is 10.6 Å². The molecule has 0 fully saturated rings. The SMILES string of the molecule is CCC1=CC(=N)/C(=N\O)C=C1. The lowest BCUT2D eigenvalue weighted by Gasteiger charge is -2.05. The van der Waals surface area contributed by atoms with Crippen molar-refractivity contribution in [3.8, 4) is 0 Å². The van der Waals surface area contributed by atoms with Gasteiger partial charge in [0.25, 0.3) is 0 Å². The predicted molar refractivity (Wildman–Crippen MR) is 44.5 cm³/mol. The van der Waals surface area contributed by atoms with E-state index in [2.05, 4.69) is 5.16 Å². The van der Waals surface area contributed by atoms with Gasteiger partial charge in [-0.2, -0.15) is 0 Å². The molecule has 0 spiro atoms. The highest BCUT2D eigenvalue weighted by atomic mass is 16.4. The number of hydrogen-bond donors (Lipinski definition) is 2. The molecule has 3 nitrogen and oxygen atoms in total. The molecule has 58 valence electrons. The summed E-state index contributed by atoms with van der Waals surface area (Å²) in [5.41, 5.74) is 1.68. The van der Waals surface area contributed by atoms with E-state index < -0.39 is 0 Å². The number of oxime groups is 1. The molecule has 0 atom stereocenters. The zero-order chi connectivity index (χ0) is 8.27. The molecule has 1 rings (SSSR count). The van der Waals surface area contributed by atoms with Crippen molar-refractivity contribution in [3.63, 3.8) is 0 Å². The van der Waals surface area contributed by atoms with Crippen LogP contribution in [0.5, 0.6) is 0 Å². The average molecular weight is 150 g/mol. The van der Waals surface area contributed by atoms with E-state index in [1.165, 1.54) is 0 Å². The molecule has 0 bridgehead atoms. The van der Waals surface area contributed by atoms with E-state index in [-0.39, 0.29) is 5.71 Å². The van der Waals surface area contributed by atoms with Crippen LogP contribution in [0.1, 0.15) is 13.3 Å². The summed E-state index contributed by atoms with van der Waals surface area (Å²) in [5, 5.41) is 18.7. The highest BCUT2D eigenvalue weighted by Gasteiger charge is 2.06. The monoisotopic (exact) mass is 150 g/mol. The first-order valence-corrected chi connectivity index (χ1v) is 3.47. The standard InChI is InChI=1S/C8H10N2O/c1-2-6-3-4-8(10-11)7(9)5-6/h3-5,9,11H,2H2,1H3/b9-7?,10-8-. The Balaban J connectivity index is 2.88. The van der Waals surface area contributed by atoms with Crippen molar-refractivity contribution in [1.82, 2.24) is 0 Å². The summed E-state index contributed by atoms with van der Waals surface area (Å²) >= 11 is 0. The van der Waals surface area contributed by atoms with Crippen molar-refractivity contribution >= 4 is 11.4 Å². The average Bonchev–Trinajstić information content (AvgIpc) is 2.04. The molecule has 11 heavy (non-hydrogen) atoms. The minimum absolute atomic E-state index is 0.270. The Bertz CT molecular complexity index is 261. The summed E-state index contributed by atoms with van der Waals surface area (Å²) in [6.45, 7) is 2.02. The number of rotatable bonds is 1. The molecule has 1 aliphatic carbocycles. The van der Waals surface area contributed by atoms with Gasteiger partial charge in [0.15, 0.2) is 0 Å². The van der Waals surface area contributed by atoms with Crippen molar-refractivity contribution in [2.75, 3.05) is 0 Å². The Morgan fingerprint density at radius 2 is 2.27 bits per heavy atom. The minimum Gasteiger partial charge on any atom is -0.410 e. The Labute approximate surface area is 65.2 Å². The molecule has 0 heterocycles. The minimum atomic E-state index is 0.270. The van der Waals surface area contributed by atoms with Gasteiger partial charge in [-0.05, 0) is 24.1 Å². The van der Waals surface area contributed by atoms with Crippen LogP contribution in [0.3, 0.4) is 0 Å². The Morgan fingerprint density at radius 3 is 2.73 bits per heavy atom. The summed E-state index contributed by atoms with van der Waals surface area (Å²) in [5.74, 6) is 0. The highest BCUT2D eigenvalue weighted by Crippen LogP contribution is 2.08. The maximum Gasteiger partial charge on any atom is 0.127 e. The lowest BCUT2D eigenvalue weighted by molar-refractivity contribution is 0.320. The van der Waals surface area contributed by atoms with Crippen molar-refractivity contribution in [2.24, 2.45) is 5.16 Å². The zero-order valence-corrected chi connectivity index (χ0v) is 6.33. The molecule has 0 unspecified atom stereocenters. The second-order valence-electron chi connectivity index (χ2n) is 2.31. The van der Waals surface area contributed by atoms with Crippen molar-refractivity contribution < 1.29 is 5.21 Å². The van der Waals surface area contributed by atoms with Crippen LogP contribution < -0.4 is 0 Å². The number of hydrogen-bond acceptors (Lipinski definition) is 3. The normalized spacial score (nSPS) is 20.6. The van der Waals surface area contributed by atoms with Gasteiger partial charge in [-0.15, -0.1) is 0 Å². The summed E-state index contributed by atoms with van der Waals surface area (Å²) in [4.78, 5) is 0. The molecule has 0 aromatic carbocycles. The smallest absolute Gasteiger partial charge is 0.127 e. The third-order valence-electron chi connectivity index (χ3n) is 1.58. The second kappa shape index (κ2) is 3.14. The lowest BCUT2D eigenvalue weighted by atomic mass is 10.0. The van der Waals surface area contributed by atoms with Gasteiger partial charge < -0.3 is 5.21 Å². The summed E-state index contributed by atoms with van der Waals surface area (Å²) in [6, 6.07) is 0. The molecule has 2 N–H and O–H groups in total. The molecule has 0 saturated carbocycles. The first-order valence-electron chi connectivity index (χ1n) is 3.47. The van der Waals surface area contributed by atoms with E-state index >= 15 is 0 Å². The fourth-order valence-electron chi connectivity index (χ4n) is 0.890. The Morgan fingerprint density at radius 1 is 1.55 bits per heavy atom. The molecule has 0 saturated heterocycles. The molecular formula is C8H10N2O. The molecule has 1 aliphatic rings. The topological polar surface area (TPSA) is 56.4 Å². The molecule has 0 aromatic rings. The number of nitrogens with one attached hydrogen (secondary N) is 1. The number of nitrogens with zero attached hydrogens (tertiary/aromatic N) is 1. The fourth-order valence-corrected chi connectivity index (χ4v) is 0.890. The van der Waals surface area contributed by atoms with Gasteiger partial charge in [0, 0.05) is 0 Å². The van der Waals surface area contributed by atoms with Crippen molar-refractivity contribution in [1.29, 1.82) is 5.41 Å². The zero-order valence-electron chi connectivity index (χ0n) is 6.33. The molecule has 3 heteroatoms. The predicted octanol–water partition coefficient (Wildman–Crippen LogP) is 1.74. The van der Waals surface area contributed by atoms with Crippen LogP contribution in [0.2, 0.25) is 0 Å². The summed E-state index contributed by atoms with van der Waals surface area (Å²) in [6.07, 6.45) is 6.10. The lowest BCUT2D eigenvalue weighted by Crippen LogP contribution is -2.11. The maximum atomic E-state index is 8.39. The molecular weight excluding hydrogens is 140 g/mol. The van der Waals surface area contributed by atoms with Crippen LogP contribution in [0.15, 0.2) is 29.0 Å². The van der Waals surface area contributed by atoms with Crippen LogP contribution in [-0.2, 0) is 0 Å². The first kappa shape index (κ1) is 7.72. The van der Waals surface area contributed by atoms with E-state index in [9.17, 15) is 0 Å². The first-order chi connectivity index (χ1) is 5.27. The quantitative estimate of drug-likeness (QED) is 0.334.